The first-order valence-electron chi connectivity index (χ1n) is 5.18. The summed E-state index contributed by atoms with van der Waals surface area (Å²) in [5, 5.41) is 3.29. The predicted molar refractivity (Wildman–Crippen MR) is 64.4 cm³/mol. The van der Waals surface area contributed by atoms with Crippen LogP contribution in [0.5, 0.6) is 0 Å². The molecule has 3 N–H and O–H groups in total. The molecule has 1 saturated carbocycles. The van der Waals surface area contributed by atoms with Crippen LogP contribution in [0.3, 0.4) is 0 Å². The van der Waals surface area contributed by atoms with Crippen molar-refractivity contribution in [1.82, 2.24) is 0 Å². The van der Waals surface area contributed by atoms with Crippen molar-refractivity contribution in [3.63, 3.8) is 0 Å². The Balaban J connectivity index is 2.16. The number of rotatable bonds is 2. The Labute approximate surface area is 97.2 Å². The normalized spacial score (nSPS) is 16.9. The molecule has 1 aromatic rings. The zero-order chi connectivity index (χ0) is 10.8. The number of nitrogens with two attached hydrogens (primary N) is 1. The summed E-state index contributed by atoms with van der Waals surface area (Å²) >= 11 is 3.11. The lowest BCUT2D eigenvalue weighted by Gasteiger charge is -2.15. The lowest BCUT2D eigenvalue weighted by molar-refractivity contribution is 0.621. The highest BCUT2D eigenvalue weighted by Crippen LogP contribution is 2.29. The fourth-order valence-corrected chi connectivity index (χ4v) is 2.34. The highest BCUT2D eigenvalue weighted by Gasteiger charge is 2.16. The molecule has 1 fully saturated rings. The summed E-state index contributed by atoms with van der Waals surface area (Å²) in [5.41, 5.74) is 7.11. The quantitative estimate of drug-likeness (QED) is 0.809. The molecule has 2 rings (SSSR count). The van der Waals surface area contributed by atoms with Crippen LogP contribution in [-0.4, -0.2) is 6.04 Å². The highest BCUT2D eigenvalue weighted by molar-refractivity contribution is 9.10. The minimum Gasteiger partial charge on any atom is -0.397 e. The molecule has 0 spiro atoms. The molecule has 82 valence electrons. The van der Waals surface area contributed by atoms with E-state index in [2.05, 4.69) is 21.2 Å². The maximum Gasteiger partial charge on any atom is 0.139 e. The lowest BCUT2D eigenvalue weighted by Crippen LogP contribution is -2.15. The Morgan fingerprint density at radius 3 is 2.67 bits per heavy atom. The van der Waals surface area contributed by atoms with Gasteiger partial charge in [-0.3, -0.25) is 0 Å². The molecule has 2 nitrogen and oxygen atoms in total. The van der Waals surface area contributed by atoms with Gasteiger partial charge in [-0.15, -0.1) is 0 Å². The van der Waals surface area contributed by atoms with Crippen LogP contribution in [0.25, 0.3) is 0 Å². The summed E-state index contributed by atoms with van der Waals surface area (Å²) in [7, 11) is 0. The van der Waals surface area contributed by atoms with Crippen LogP contribution in [0, 0.1) is 5.82 Å². The average molecular weight is 273 g/mol. The summed E-state index contributed by atoms with van der Waals surface area (Å²) in [6, 6.07) is 3.51. The summed E-state index contributed by atoms with van der Waals surface area (Å²) in [6.07, 6.45) is 4.79. The molecule has 1 aliphatic carbocycles. The molecular formula is C11H14BrFN2. The molecule has 4 heteroatoms. The van der Waals surface area contributed by atoms with Gasteiger partial charge in [-0.25, -0.2) is 4.39 Å². The number of hydrogen-bond donors (Lipinski definition) is 2. The van der Waals surface area contributed by atoms with Gasteiger partial charge in [0.2, 0.25) is 0 Å². The first-order chi connectivity index (χ1) is 7.16. The van der Waals surface area contributed by atoms with E-state index in [4.69, 9.17) is 5.73 Å². The number of halogens is 2. The van der Waals surface area contributed by atoms with E-state index in [-0.39, 0.29) is 5.82 Å². The number of anilines is 2. The van der Waals surface area contributed by atoms with Crippen molar-refractivity contribution in [3.8, 4) is 0 Å². The Morgan fingerprint density at radius 2 is 2.00 bits per heavy atom. The van der Waals surface area contributed by atoms with E-state index in [1.165, 1.54) is 18.9 Å². The predicted octanol–water partition coefficient (Wildman–Crippen LogP) is 3.52. The lowest BCUT2D eigenvalue weighted by atomic mass is 10.2. The number of nitrogens with one attached hydrogen (secondary N) is 1. The van der Waals surface area contributed by atoms with Crippen LogP contribution in [-0.2, 0) is 0 Å². The van der Waals surface area contributed by atoms with Gasteiger partial charge < -0.3 is 11.1 Å². The van der Waals surface area contributed by atoms with E-state index < -0.39 is 0 Å². The largest absolute Gasteiger partial charge is 0.397 e. The molecule has 0 amide bonds. The molecule has 0 atom stereocenters. The minimum atomic E-state index is -0.273. The van der Waals surface area contributed by atoms with Gasteiger partial charge in [0.25, 0.3) is 0 Å². The summed E-state index contributed by atoms with van der Waals surface area (Å²) in [6.45, 7) is 0. The smallest absolute Gasteiger partial charge is 0.139 e. The van der Waals surface area contributed by atoms with Crippen molar-refractivity contribution in [2.24, 2.45) is 0 Å². The number of nitrogen functional groups attached to an aromatic ring is 1. The standard InChI is InChI=1S/C11H14BrFN2/c12-8-5-10(14)11(6-9(8)13)15-7-3-1-2-4-7/h5-7,15H,1-4,14H2. The first-order valence-corrected chi connectivity index (χ1v) is 5.97. The van der Waals surface area contributed by atoms with Crippen LogP contribution >= 0.6 is 15.9 Å². The van der Waals surface area contributed by atoms with E-state index in [0.29, 0.717) is 21.9 Å². The second kappa shape index (κ2) is 4.39. The monoisotopic (exact) mass is 272 g/mol. The maximum absolute atomic E-state index is 13.3. The van der Waals surface area contributed by atoms with Gasteiger partial charge in [0.1, 0.15) is 5.82 Å². The topological polar surface area (TPSA) is 38.0 Å². The number of hydrogen-bond acceptors (Lipinski definition) is 2. The first kappa shape index (κ1) is 10.7. The third-order valence-electron chi connectivity index (χ3n) is 2.81. The number of benzene rings is 1. The second-order valence-corrected chi connectivity index (χ2v) is 4.83. The Hall–Kier alpha value is -0.770. The molecule has 1 aromatic carbocycles. The van der Waals surface area contributed by atoms with Crippen molar-refractivity contribution < 1.29 is 4.39 Å². The van der Waals surface area contributed by atoms with Gasteiger partial charge in [0.05, 0.1) is 15.8 Å². The third-order valence-corrected chi connectivity index (χ3v) is 3.41. The van der Waals surface area contributed by atoms with E-state index in [0.717, 1.165) is 12.8 Å². The Bertz CT molecular complexity index is 362. The van der Waals surface area contributed by atoms with Gasteiger partial charge in [0, 0.05) is 12.1 Å². The molecule has 0 aliphatic heterocycles. The second-order valence-electron chi connectivity index (χ2n) is 3.98. The van der Waals surface area contributed by atoms with Crippen LogP contribution in [0.1, 0.15) is 25.7 Å². The van der Waals surface area contributed by atoms with Crippen LogP contribution in [0.4, 0.5) is 15.8 Å². The van der Waals surface area contributed by atoms with Gasteiger partial charge >= 0.3 is 0 Å². The SMILES string of the molecule is Nc1cc(Br)c(F)cc1NC1CCCC1. The van der Waals surface area contributed by atoms with Crippen molar-refractivity contribution in [2.75, 3.05) is 11.1 Å². The van der Waals surface area contributed by atoms with Crippen LogP contribution in [0.2, 0.25) is 0 Å². The van der Waals surface area contributed by atoms with E-state index in [9.17, 15) is 4.39 Å². The van der Waals surface area contributed by atoms with Crippen LogP contribution < -0.4 is 11.1 Å². The third kappa shape index (κ3) is 2.43. The molecule has 1 aliphatic rings. The zero-order valence-corrected chi connectivity index (χ0v) is 9.98. The molecule has 0 aromatic heterocycles. The summed E-state index contributed by atoms with van der Waals surface area (Å²) in [4.78, 5) is 0. The molecule has 0 radical (unpaired) electrons. The molecule has 0 saturated heterocycles. The summed E-state index contributed by atoms with van der Waals surface area (Å²) < 4.78 is 13.7. The van der Waals surface area contributed by atoms with E-state index in [1.54, 1.807) is 6.07 Å². The van der Waals surface area contributed by atoms with Crippen molar-refractivity contribution in [1.29, 1.82) is 0 Å². The van der Waals surface area contributed by atoms with Gasteiger partial charge in [-0.05, 0) is 34.8 Å². The van der Waals surface area contributed by atoms with E-state index >= 15 is 0 Å². The van der Waals surface area contributed by atoms with Gasteiger partial charge in [0.15, 0.2) is 0 Å². The fourth-order valence-electron chi connectivity index (χ4n) is 1.98. The zero-order valence-electron chi connectivity index (χ0n) is 8.39. The highest BCUT2D eigenvalue weighted by atomic mass is 79.9. The molecule has 0 heterocycles. The minimum absolute atomic E-state index is 0.273. The Kier molecular flexibility index (Phi) is 3.14. The van der Waals surface area contributed by atoms with E-state index in [1.807, 2.05) is 0 Å². The Morgan fingerprint density at radius 1 is 1.33 bits per heavy atom. The molecular weight excluding hydrogens is 259 g/mol. The van der Waals surface area contributed by atoms with Gasteiger partial charge in [-0.2, -0.15) is 0 Å². The fraction of sp³-hybridized carbons (Fsp3) is 0.455. The average Bonchev–Trinajstić information content (AvgIpc) is 2.67. The summed E-state index contributed by atoms with van der Waals surface area (Å²) in [5.74, 6) is -0.273. The van der Waals surface area contributed by atoms with Gasteiger partial charge in [-0.1, -0.05) is 12.8 Å². The molecule has 0 bridgehead atoms. The molecule has 0 unspecified atom stereocenters. The van der Waals surface area contributed by atoms with Crippen molar-refractivity contribution in [3.05, 3.63) is 22.4 Å². The van der Waals surface area contributed by atoms with Crippen molar-refractivity contribution >= 4 is 27.3 Å². The van der Waals surface area contributed by atoms with Crippen molar-refractivity contribution in [2.45, 2.75) is 31.7 Å². The molecule has 15 heavy (non-hydrogen) atoms. The maximum atomic E-state index is 13.3. The van der Waals surface area contributed by atoms with Crippen LogP contribution in [0.15, 0.2) is 16.6 Å².